The molecule has 2 rings (SSSR count). The van der Waals surface area contributed by atoms with Crippen molar-refractivity contribution in [2.45, 2.75) is 25.8 Å². The molecule has 0 fully saturated rings. The number of hydrogen-bond donors (Lipinski definition) is 1. The Kier molecular flexibility index (Phi) is 2.60. The second-order valence-electron chi connectivity index (χ2n) is 4.40. The highest BCUT2D eigenvalue weighted by molar-refractivity contribution is 5.64. The number of hydrogen-bond acceptors (Lipinski definition) is 3. The molecule has 1 aromatic carbocycles. The summed E-state index contributed by atoms with van der Waals surface area (Å²) in [6, 6.07) is 4.36. The molecule has 1 heterocycles. The van der Waals surface area contributed by atoms with Crippen LogP contribution in [0.4, 0.5) is 18.9 Å². The van der Waals surface area contributed by atoms with Crippen molar-refractivity contribution in [2.24, 2.45) is 0 Å². The summed E-state index contributed by atoms with van der Waals surface area (Å²) in [7, 11) is 0. The molecule has 1 N–H and O–H groups in total. The summed E-state index contributed by atoms with van der Waals surface area (Å²) in [6.07, 6.45) is -4.72. The fourth-order valence-electron chi connectivity index (χ4n) is 1.59. The zero-order valence-electron chi connectivity index (χ0n) is 9.39. The van der Waals surface area contributed by atoms with Gasteiger partial charge in [0.25, 0.3) is 0 Å². The summed E-state index contributed by atoms with van der Waals surface area (Å²) in [4.78, 5) is 0. The van der Waals surface area contributed by atoms with E-state index in [4.69, 9.17) is 4.74 Å². The van der Waals surface area contributed by atoms with Crippen molar-refractivity contribution in [3.8, 4) is 11.5 Å². The predicted molar refractivity (Wildman–Crippen MR) is 56.3 cm³/mol. The zero-order valence-corrected chi connectivity index (χ0v) is 9.39. The molecule has 1 aromatic rings. The van der Waals surface area contributed by atoms with Crippen LogP contribution in [0, 0.1) is 0 Å². The lowest BCUT2D eigenvalue weighted by Crippen LogP contribution is -2.40. The van der Waals surface area contributed by atoms with E-state index in [1.54, 1.807) is 19.9 Å². The Morgan fingerprint density at radius 1 is 1.35 bits per heavy atom. The number of halogens is 3. The van der Waals surface area contributed by atoms with Crippen LogP contribution in [0.5, 0.6) is 11.5 Å². The molecule has 3 nitrogen and oxygen atoms in total. The van der Waals surface area contributed by atoms with E-state index in [0.29, 0.717) is 12.2 Å². The van der Waals surface area contributed by atoms with E-state index >= 15 is 0 Å². The molecule has 0 radical (unpaired) electrons. The first-order valence-electron chi connectivity index (χ1n) is 5.08. The molecule has 0 unspecified atom stereocenters. The maximum atomic E-state index is 12.2. The van der Waals surface area contributed by atoms with E-state index in [2.05, 4.69) is 10.1 Å². The molecule has 1 aliphatic heterocycles. The Hall–Kier alpha value is -1.59. The monoisotopic (exact) mass is 247 g/mol. The van der Waals surface area contributed by atoms with Crippen LogP contribution in [-0.4, -0.2) is 18.5 Å². The average Bonchev–Trinajstić information content (AvgIpc) is 2.16. The van der Waals surface area contributed by atoms with Crippen molar-refractivity contribution in [1.29, 1.82) is 0 Å². The lowest BCUT2D eigenvalue weighted by atomic mass is 10.1. The lowest BCUT2D eigenvalue weighted by molar-refractivity contribution is -0.275. The minimum atomic E-state index is -4.72. The van der Waals surface area contributed by atoms with Crippen LogP contribution < -0.4 is 14.8 Å². The van der Waals surface area contributed by atoms with E-state index in [1.807, 2.05) is 0 Å². The third-order valence-electron chi connectivity index (χ3n) is 2.29. The van der Waals surface area contributed by atoms with Crippen molar-refractivity contribution >= 4 is 5.69 Å². The summed E-state index contributed by atoms with van der Waals surface area (Å²) in [5.74, 6) is -0.226. The summed E-state index contributed by atoms with van der Waals surface area (Å²) in [6.45, 7) is 4.09. The number of para-hydroxylation sites is 1. The molecular weight excluding hydrogens is 235 g/mol. The highest BCUT2D eigenvalue weighted by Crippen LogP contribution is 2.42. The fraction of sp³-hybridized carbons (Fsp3) is 0.455. The largest absolute Gasteiger partial charge is 0.573 e. The predicted octanol–water partition coefficient (Wildman–Crippen LogP) is 3.17. The van der Waals surface area contributed by atoms with Crippen LogP contribution in [-0.2, 0) is 0 Å². The summed E-state index contributed by atoms with van der Waals surface area (Å²) in [5, 5.41) is 3.01. The van der Waals surface area contributed by atoms with Crippen molar-refractivity contribution in [3.05, 3.63) is 18.2 Å². The molecule has 0 saturated carbocycles. The van der Waals surface area contributed by atoms with Crippen molar-refractivity contribution in [2.75, 3.05) is 11.9 Å². The molecule has 1 aliphatic rings. The minimum Gasteiger partial charge on any atom is -0.480 e. The molecular formula is C11H12F3NO2. The zero-order chi connectivity index (χ0) is 12.7. The van der Waals surface area contributed by atoms with Gasteiger partial charge in [0.1, 0.15) is 5.60 Å². The van der Waals surface area contributed by atoms with Gasteiger partial charge in [-0.05, 0) is 26.0 Å². The van der Waals surface area contributed by atoms with Crippen molar-refractivity contribution in [1.82, 2.24) is 0 Å². The van der Waals surface area contributed by atoms with Crippen LogP contribution >= 0.6 is 0 Å². The lowest BCUT2D eigenvalue weighted by Gasteiger charge is -2.34. The quantitative estimate of drug-likeness (QED) is 0.826. The second kappa shape index (κ2) is 3.72. The molecule has 0 amide bonds. The van der Waals surface area contributed by atoms with Gasteiger partial charge in [0, 0.05) is 0 Å². The number of fused-ring (bicyclic) bond motifs is 1. The number of benzene rings is 1. The Morgan fingerprint density at radius 3 is 2.71 bits per heavy atom. The van der Waals surface area contributed by atoms with Gasteiger partial charge in [0.15, 0.2) is 11.5 Å². The smallest absolute Gasteiger partial charge is 0.480 e. The number of anilines is 1. The van der Waals surface area contributed by atoms with Crippen LogP contribution in [0.2, 0.25) is 0 Å². The van der Waals surface area contributed by atoms with E-state index in [0.717, 1.165) is 0 Å². The first-order chi connectivity index (χ1) is 7.77. The second-order valence-corrected chi connectivity index (χ2v) is 4.40. The van der Waals surface area contributed by atoms with Gasteiger partial charge in [-0.2, -0.15) is 0 Å². The molecule has 0 saturated heterocycles. The van der Waals surface area contributed by atoms with Gasteiger partial charge < -0.3 is 14.8 Å². The van der Waals surface area contributed by atoms with Gasteiger partial charge in [-0.1, -0.05) is 6.07 Å². The molecule has 0 aliphatic carbocycles. The maximum absolute atomic E-state index is 12.2. The van der Waals surface area contributed by atoms with E-state index in [1.165, 1.54) is 12.1 Å². The molecule has 0 atom stereocenters. The number of nitrogens with one attached hydrogen (secondary N) is 1. The van der Waals surface area contributed by atoms with E-state index in [-0.39, 0.29) is 11.5 Å². The normalized spacial score (nSPS) is 17.7. The SMILES string of the molecule is CC1(C)CNc2cccc(OC(F)(F)F)c2O1. The molecule has 0 spiro atoms. The topological polar surface area (TPSA) is 30.5 Å². The van der Waals surface area contributed by atoms with Gasteiger partial charge in [-0.3, -0.25) is 0 Å². The maximum Gasteiger partial charge on any atom is 0.573 e. The number of rotatable bonds is 1. The van der Waals surface area contributed by atoms with Crippen molar-refractivity contribution in [3.63, 3.8) is 0 Å². The molecule has 0 aromatic heterocycles. The Balaban J connectivity index is 2.36. The minimum absolute atomic E-state index is 0.0982. The van der Waals surface area contributed by atoms with E-state index in [9.17, 15) is 13.2 Å². The van der Waals surface area contributed by atoms with Gasteiger partial charge in [0.2, 0.25) is 0 Å². The van der Waals surface area contributed by atoms with E-state index < -0.39 is 12.0 Å². The standard InChI is InChI=1S/C11H12F3NO2/c1-10(2)6-15-7-4-3-5-8(9(7)17-10)16-11(12,13)14/h3-5,15H,6H2,1-2H3. The molecule has 94 valence electrons. The number of alkyl halides is 3. The first-order valence-corrected chi connectivity index (χ1v) is 5.08. The summed E-state index contributed by atoms with van der Waals surface area (Å²) < 4.78 is 46.1. The molecule has 6 heteroatoms. The van der Waals surface area contributed by atoms with Gasteiger partial charge in [-0.15, -0.1) is 13.2 Å². The summed E-state index contributed by atoms with van der Waals surface area (Å²) >= 11 is 0. The first kappa shape index (κ1) is 11.9. The van der Waals surface area contributed by atoms with Crippen LogP contribution in [0.25, 0.3) is 0 Å². The molecule has 17 heavy (non-hydrogen) atoms. The Morgan fingerprint density at radius 2 is 2.06 bits per heavy atom. The van der Waals surface area contributed by atoms with Crippen LogP contribution in [0.3, 0.4) is 0 Å². The summed E-state index contributed by atoms with van der Waals surface area (Å²) in [5.41, 5.74) is -0.0657. The Labute approximate surface area is 96.5 Å². The molecule has 0 bridgehead atoms. The third-order valence-corrected chi connectivity index (χ3v) is 2.29. The van der Waals surface area contributed by atoms with Crippen molar-refractivity contribution < 1.29 is 22.6 Å². The average molecular weight is 247 g/mol. The highest BCUT2D eigenvalue weighted by Gasteiger charge is 2.35. The Bertz CT molecular complexity index is 429. The highest BCUT2D eigenvalue weighted by atomic mass is 19.4. The van der Waals surface area contributed by atoms with Crippen LogP contribution in [0.1, 0.15) is 13.8 Å². The van der Waals surface area contributed by atoms with Crippen LogP contribution in [0.15, 0.2) is 18.2 Å². The third kappa shape index (κ3) is 2.75. The van der Waals surface area contributed by atoms with Gasteiger partial charge in [0.05, 0.1) is 12.2 Å². The fourth-order valence-corrected chi connectivity index (χ4v) is 1.59. The van der Waals surface area contributed by atoms with Gasteiger partial charge >= 0.3 is 6.36 Å². The van der Waals surface area contributed by atoms with Gasteiger partial charge in [-0.25, -0.2) is 0 Å². The number of ether oxygens (including phenoxy) is 2.